The second-order valence-electron chi connectivity index (χ2n) is 7.39. The number of hydrogen-bond donors (Lipinski definition) is 0. The number of non-ortho nitro benzene ring substituents is 1. The van der Waals surface area contributed by atoms with E-state index in [1.807, 2.05) is 0 Å². The van der Waals surface area contributed by atoms with E-state index in [0.717, 1.165) is 27.8 Å². The lowest BCUT2D eigenvalue weighted by Gasteiger charge is -2.13. The first-order valence-corrected chi connectivity index (χ1v) is 11.7. The van der Waals surface area contributed by atoms with Crippen LogP contribution >= 0.6 is 23.4 Å². The highest BCUT2D eigenvalue weighted by atomic mass is 35.5. The van der Waals surface area contributed by atoms with Gasteiger partial charge in [0.05, 0.1) is 21.4 Å². The monoisotopic (exact) mass is 510 g/mol. The van der Waals surface area contributed by atoms with Gasteiger partial charge in [-0.1, -0.05) is 35.9 Å². The summed E-state index contributed by atoms with van der Waals surface area (Å²) in [6.45, 7) is 0.505. The van der Waals surface area contributed by atoms with Crippen LogP contribution in [-0.2, 0) is 11.4 Å². The molecule has 1 heterocycles. The van der Waals surface area contributed by atoms with E-state index in [4.69, 9.17) is 21.1 Å². The Morgan fingerprint density at radius 2 is 1.69 bits per heavy atom. The fraction of sp³-hybridized carbons (Fsp3) is 0.120. The van der Waals surface area contributed by atoms with Gasteiger partial charge in [0.1, 0.15) is 24.7 Å². The highest BCUT2D eigenvalue weighted by molar-refractivity contribution is 8.18. The third-order valence-corrected chi connectivity index (χ3v) is 6.23. The standard InChI is InChI=1S/C25H19ClN2O6S/c26-21-3-1-2-4-22(21)33-14-13-27-24(29)23(35-25(27)30)15-17-7-11-20(12-8-17)34-16-18-5-9-19(10-6-18)28(31)32/h1-12,15H,13-14,16H2/b23-15-. The fourth-order valence-corrected chi connectivity index (χ4v) is 4.25. The van der Waals surface area contributed by atoms with Gasteiger partial charge in [-0.3, -0.25) is 24.6 Å². The number of ether oxygens (including phenoxy) is 2. The Balaban J connectivity index is 1.31. The minimum atomic E-state index is -0.452. The van der Waals surface area contributed by atoms with E-state index in [1.54, 1.807) is 66.7 Å². The molecular weight excluding hydrogens is 492 g/mol. The van der Waals surface area contributed by atoms with E-state index in [1.165, 1.54) is 12.1 Å². The van der Waals surface area contributed by atoms with E-state index in [-0.39, 0.29) is 36.6 Å². The van der Waals surface area contributed by atoms with Crippen LogP contribution in [0.2, 0.25) is 5.02 Å². The second-order valence-corrected chi connectivity index (χ2v) is 8.79. The van der Waals surface area contributed by atoms with Crippen LogP contribution in [0.1, 0.15) is 11.1 Å². The molecule has 0 atom stereocenters. The van der Waals surface area contributed by atoms with E-state index >= 15 is 0 Å². The molecule has 0 N–H and O–H groups in total. The van der Waals surface area contributed by atoms with Crippen LogP contribution in [0.25, 0.3) is 6.08 Å². The molecule has 3 aromatic carbocycles. The van der Waals surface area contributed by atoms with Crippen molar-refractivity contribution < 1.29 is 24.0 Å². The largest absolute Gasteiger partial charge is 0.490 e. The molecule has 3 aromatic rings. The van der Waals surface area contributed by atoms with Gasteiger partial charge in [-0.15, -0.1) is 0 Å². The predicted octanol–water partition coefficient (Wildman–Crippen LogP) is 5.94. The number of nitro groups is 1. The van der Waals surface area contributed by atoms with Crippen LogP contribution in [0.3, 0.4) is 0 Å². The zero-order chi connectivity index (χ0) is 24.8. The number of nitrogens with zero attached hydrogens (tertiary/aromatic N) is 2. The molecule has 1 aliphatic rings. The average Bonchev–Trinajstić information content (AvgIpc) is 3.12. The van der Waals surface area contributed by atoms with Crippen molar-refractivity contribution in [3.63, 3.8) is 0 Å². The number of halogens is 1. The maximum Gasteiger partial charge on any atom is 0.293 e. The molecule has 1 aliphatic heterocycles. The minimum absolute atomic E-state index is 0.0237. The quantitative estimate of drug-likeness (QED) is 0.199. The summed E-state index contributed by atoms with van der Waals surface area (Å²) in [4.78, 5) is 36.8. The van der Waals surface area contributed by atoms with Crippen molar-refractivity contribution in [2.24, 2.45) is 0 Å². The van der Waals surface area contributed by atoms with Gasteiger partial charge in [-0.2, -0.15) is 0 Å². The number of nitro benzene ring substituents is 1. The topological polar surface area (TPSA) is 99.0 Å². The van der Waals surface area contributed by atoms with Gasteiger partial charge in [0, 0.05) is 12.1 Å². The normalized spacial score (nSPS) is 14.4. The molecule has 0 saturated carbocycles. The minimum Gasteiger partial charge on any atom is -0.490 e. The summed E-state index contributed by atoms with van der Waals surface area (Å²) in [5, 5.41) is 10.8. The number of amides is 2. The number of rotatable bonds is 9. The Morgan fingerprint density at radius 1 is 0.971 bits per heavy atom. The predicted molar refractivity (Wildman–Crippen MR) is 133 cm³/mol. The van der Waals surface area contributed by atoms with Gasteiger partial charge < -0.3 is 9.47 Å². The molecule has 0 radical (unpaired) electrons. The molecule has 0 aliphatic carbocycles. The van der Waals surface area contributed by atoms with Crippen LogP contribution in [0.5, 0.6) is 11.5 Å². The van der Waals surface area contributed by atoms with Crippen LogP contribution in [-0.4, -0.2) is 34.1 Å². The van der Waals surface area contributed by atoms with E-state index < -0.39 is 4.92 Å². The molecule has 0 unspecified atom stereocenters. The Kier molecular flexibility index (Phi) is 7.69. The summed E-state index contributed by atoms with van der Waals surface area (Å²) in [5.41, 5.74) is 1.56. The smallest absolute Gasteiger partial charge is 0.293 e. The SMILES string of the molecule is O=C1S/C(=C\c2ccc(OCc3ccc([N+](=O)[O-])cc3)cc2)C(=O)N1CCOc1ccccc1Cl. The first-order chi connectivity index (χ1) is 16.9. The summed E-state index contributed by atoms with van der Waals surface area (Å²) >= 11 is 6.93. The first kappa shape index (κ1) is 24.3. The number of carbonyl (C=O) groups excluding carboxylic acids is 2. The summed E-state index contributed by atoms with van der Waals surface area (Å²) < 4.78 is 11.3. The Morgan fingerprint density at radius 3 is 2.37 bits per heavy atom. The van der Waals surface area contributed by atoms with Gasteiger partial charge in [-0.25, -0.2) is 0 Å². The molecule has 0 aromatic heterocycles. The highest BCUT2D eigenvalue weighted by Gasteiger charge is 2.34. The van der Waals surface area contributed by atoms with Crippen LogP contribution in [0, 0.1) is 10.1 Å². The summed E-state index contributed by atoms with van der Waals surface area (Å²) in [6, 6.07) is 20.2. The maximum atomic E-state index is 12.7. The Labute approximate surface area is 210 Å². The number of hydrogen-bond acceptors (Lipinski definition) is 7. The Bertz CT molecular complexity index is 1280. The molecular formula is C25H19ClN2O6S. The number of benzene rings is 3. The molecule has 1 fully saturated rings. The number of carbonyl (C=O) groups is 2. The zero-order valence-electron chi connectivity index (χ0n) is 18.3. The van der Waals surface area contributed by atoms with E-state index in [9.17, 15) is 19.7 Å². The first-order valence-electron chi connectivity index (χ1n) is 10.5. The number of para-hydroxylation sites is 1. The molecule has 35 heavy (non-hydrogen) atoms. The second kappa shape index (κ2) is 11.1. The average molecular weight is 511 g/mol. The van der Waals surface area contributed by atoms with E-state index in [2.05, 4.69) is 0 Å². The summed E-state index contributed by atoms with van der Waals surface area (Å²) in [6.07, 6.45) is 1.65. The molecule has 8 nitrogen and oxygen atoms in total. The van der Waals surface area contributed by atoms with Gasteiger partial charge in [0.25, 0.3) is 16.8 Å². The molecule has 10 heteroatoms. The third kappa shape index (κ3) is 6.20. The highest BCUT2D eigenvalue weighted by Crippen LogP contribution is 2.32. The summed E-state index contributed by atoms with van der Waals surface area (Å²) in [5.74, 6) is 0.721. The van der Waals surface area contributed by atoms with Gasteiger partial charge in [0.2, 0.25) is 0 Å². The molecule has 178 valence electrons. The molecule has 4 rings (SSSR count). The molecule has 0 spiro atoms. The van der Waals surface area contributed by atoms with Crippen molar-refractivity contribution in [1.82, 2.24) is 4.90 Å². The lowest BCUT2D eigenvalue weighted by molar-refractivity contribution is -0.384. The Hall–Kier alpha value is -3.82. The number of thioether (sulfide) groups is 1. The number of imide groups is 1. The van der Waals surface area contributed by atoms with Crippen molar-refractivity contribution in [2.45, 2.75) is 6.61 Å². The van der Waals surface area contributed by atoms with Gasteiger partial charge in [-0.05, 0) is 65.4 Å². The van der Waals surface area contributed by atoms with Crippen molar-refractivity contribution >= 4 is 46.3 Å². The zero-order valence-corrected chi connectivity index (χ0v) is 19.8. The van der Waals surface area contributed by atoms with Gasteiger partial charge >= 0.3 is 0 Å². The van der Waals surface area contributed by atoms with Crippen LogP contribution < -0.4 is 9.47 Å². The van der Waals surface area contributed by atoms with Crippen molar-refractivity contribution in [3.8, 4) is 11.5 Å². The fourth-order valence-electron chi connectivity index (χ4n) is 3.19. The van der Waals surface area contributed by atoms with Crippen LogP contribution in [0.4, 0.5) is 10.5 Å². The molecule has 1 saturated heterocycles. The van der Waals surface area contributed by atoms with Gasteiger partial charge in [0.15, 0.2) is 0 Å². The maximum absolute atomic E-state index is 12.7. The summed E-state index contributed by atoms with van der Waals surface area (Å²) in [7, 11) is 0. The van der Waals surface area contributed by atoms with E-state index in [0.29, 0.717) is 21.4 Å². The van der Waals surface area contributed by atoms with Crippen molar-refractivity contribution in [1.29, 1.82) is 0 Å². The third-order valence-electron chi connectivity index (χ3n) is 5.01. The lowest BCUT2D eigenvalue weighted by atomic mass is 10.2. The molecule has 0 bridgehead atoms. The lowest BCUT2D eigenvalue weighted by Crippen LogP contribution is -2.32. The molecule has 2 amide bonds. The van der Waals surface area contributed by atoms with Crippen molar-refractivity contribution in [3.05, 3.63) is 104 Å². The van der Waals surface area contributed by atoms with Crippen LogP contribution in [0.15, 0.2) is 77.7 Å². The van der Waals surface area contributed by atoms with Crippen molar-refractivity contribution in [2.75, 3.05) is 13.2 Å².